The molecular formula is C5H4N4. The summed E-state index contributed by atoms with van der Waals surface area (Å²) in [7, 11) is 0. The molecule has 9 heavy (non-hydrogen) atoms. The van der Waals surface area contributed by atoms with Crippen LogP contribution in [0.3, 0.4) is 0 Å². The first kappa shape index (κ1) is 5.59. The van der Waals surface area contributed by atoms with Gasteiger partial charge in [0, 0.05) is 6.08 Å². The second kappa shape index (κ2) is 2.69. The van der Waals surface area contributed by atoms with E-state index in [2.05, 4.69) is 32.9 Å². The van der Waals surface area contributed by atoms with Gasteiger partial charge in [-0.25, -0.2) is 0 Å². The highest BCUT2D eigenvalue weighted by Crippen LogP contribution is 1.86. The third-order valence-electron chi connectivity index (χ3n) is 0.692. The highest BCUT2D eigenvalue weighted by molar-refractivity contribution is 5.39. The van der Waals surface area contributed by atoms with Crippen molar-refractivity contribution in [3.8, 4) is 0 Å². The molecule has 0 fully saturated rings. The highest BCUT2D eigenvalue weighted by atomic mass is 15.4. The fraction of sp³-hybridized carbons (Fsp3) is 0. The number of hydrogen-bond acceptors (Lipinski definition) is 4. The molecule has 0 N–H and O–H groups in total. The van der Waals surface area contributed by atoms with E-state index in [4.69, 9.17) is 0 Å². The summed E-state index contributed by atoms with van der Waals surface area (Å²) in [6.07, 6.45) is 3.05. The van der Waals surface area contributed by atoms with Crippen molar-refractivity contribution in [3.63, 3.8) is 0 Å². The van der Waals surface area contributed by atoms with E-state index in [1.807, 2.05) is 0 Å². The lowest BCUT2D eigenvalue weighted by Gasteiger charge is -1.80. The van der Waals surface area contributed by atoms with Crippen LogP contribution < -0.4 is 0 Å². The van der Waals surface area contributed by atoms with Crippen molar-refractivity contribution in [2.75, 3.05) is 0 Å². The predicted molar refractivity (Wildman–Crippen MR) is 31.2 cm³/mol. The molecule has 0 saturated carbocycles. The van der Waals surface area contributed by atoms with Gasteiger partial charge >= 0.3 is 0 Å². The number of rotatable bonds is 1. The molecule has 0 atom stereocenters. The highest BCUT2D eigenvalue weighted by Gasteiger charge is 1.83. The third-order valence-corrected chi connectivity index (χ3v) is 0.692. The van der Waals surface area contributed by atoms with Gasteiger partial charge in [-0.15, -0.1) is 15.9 Å². The van der Waals surface area contributed by atoms with Crippen LogP contribution in [0.5, 0.6) is 0 Å². The molecule has 0 bridgehead atoms. The summed E-state index contributed by atoms with van der Waals surface area (Å²) in [6.45, 7) is 3.36. The lowest BCUT2D eigenvalue weighted by Crippen LogP contribution is -1.91. The van der Waals surface area contributed by atoms with Crippen LogP contribution in [-0.4, -0.2) is 20.6 Å². The van der Waals surface area contributed by atoms with Crippen LogP contribution in [0.2, 0.25) is 0 Å². The van der Waals surface area contributed by atoms with Crippen LogP contribution in [0.15, 0.2) is 18.5 Å². The molecule has 0 aliphatic rings. The lowest BCUT2D eigenvalue weighted by molar-refractivity contribution is 0.756. The Morgan fingerprint density at radius 2 is 2.44 bits per heavy atom. The standard InChI is InChI=1S/C5H4N4/c1-2-3-5-4-6-8-9-7-5/h3-4H,1H2. The third kappa shape index (κ3) is 1.44. The minimum atomic E-state index is 0.611. The molecule has 0 saturated heterocycles. The van der Waals surface area contributed by atoms with Gasteiger partial charge in [0.15, 0.2) is 0 Å². The molecule has 4 heteroatoms. The second-order valence-electron chi connectivity index (χ2n) is 1.30. The van der Waals surface area contributed by atoms with Crippen molar-refractivity contribution in [1.82, 2.24) is 20.6 Å². The minimum Gasteiger partial charge on any atom is -0.135 e. The van der Waals surface area contributed by atoms with E-state index in [0.29, 0.717) is 5.69 Å². The number of nitrogens with zero attached hydrogens (tertiary/aromatic N) is 4. The maximum atomic E-state index is 3.59. The van der Waals surface area contributed by atoms with E-state index in [0.717, 1.165) is 0 Å². The topological polar surface area (TPSA) is 51.6 Å². The minimum absolute atomic E-state index is 0.611. The largest absolute Gasteiger partial charge is 0.135 e. The molecule has 1 aromatic rings. The molecule has 0 radical (unpaired) electrons. The zero-order valence-corrected chi connectivity index (χ0v) is 4.65. The maximum Gasteiger partial charge on any atom is 0.115 e. The normalized spacial score (nSPS) is 8.00. The molecule has 1 aromatic heterocycles. The monoisotopic (exact) mass is 120 g/mol. The van der Waals surface area contributed by atoms with E-state index >= 15 is 0 Å². The van der Waals surface area contributed by atoms with Gasteiger partial charge in [-0.1, -0.05) is 6.58 Å². The Morgan fingerprint density at radius 1 is 1.56 bits per heavy atom. The van der Waals surface area contributed by atoms with Crippen LogP contribution in [0.4, 0.5) is 0 Å². The van der Waals surface area contributed by atoms with Crippen LogP contribution in [0.25, 0.3) is 6.08 Å². The van der Waals surface area contributed by atoms with E-state index in [-0.39, 0.29) is 0 Å². The summed E-state index contributed by atoms with van der Waals surface area (Å²) >= 11 is 0. The molecule has 44 valence electrons. The molecule has 0 aromatic carbocycles. The first-order valence-corrected chi connectivity index (χ1v) is 2.30. The second-order valence-corrected chi connectivity index (χ2v) is 1.30. The van der Waals surface area contributed by atoms with Crippen molar-refractivity contribution in [1.29, 1.82) is 0 Å². The molecular weight excluding hydrogens is 116 g/mol. The van der Waals surface area contributed by atoms with Crippen molar-refractivity contribution < 1.29 is 0 Å². The predicted octanol–water partition coefficient (Wildman–Crippen LogP) is 0.0647. The van der Waals surface area contributed by atoms with E-state index < -0.39 is 0 Å². The Hall–Kier alpha value is -1.54. The molecule has 0 spiro atoms. The Bertz CT molecular complexity index is 224. The number of aromatic nitrogens is 4. The van der Waals surface area contributed by atoms with Crippen molar-refractivity contribution in [3.05, 3.63) is 24.2 Å². The molecule has 1 rings (SSSR count). The average Bonchev–Trinajstić information content (AvgIpc) is 1.91. The zero-order valence-electron chi connectivity index (χ0n) is 4.65. The van der Waals surface area contributed by atoms with Crippen molar-refractivity contribution in [2.45, 2.75) is 0 Å². The molecule has 0 amide bonds. The van der Waals surface area contributed by atoms with E-state index in [9.17, 15) is 0 Å². The van der Waals surface area contributed by atoms with Gasteiger partial charge in [-0.3, -0.25) is 0 Å². The number of hydrogen-bond donors (Lipinski definition) is 0. The maximum absolute atomic E-state index is 3.59. The van der Waals surface area contributed by atoms with Gasteiger partial charge < -0.3 is 0 Å². The van der Waals surface area contributed by atoms with Gasteiger partial charge in [-0.05, 0) is 10.4 Å². The average molecular weight is 120 g/mol. The zero-order chi connectivity index (χ0) is 6.53. The van der Waals surface area contributed by atoms with Gasteiger partial charge in [0.2, 0.25) is 0 Å². The van der Waals surface area contributed by atoms with Crippen molar-refractivity contribution >= 4 is 6.08 Å². The van der Waals surface area contributed by atoms with Gasteiger partial charge in [0.1, 0.15) is 5.69 Å². The van der Waals surface area contributed by atoms with E-state index in [1.165, 1.54) is 6.20 Å². The first-order chi connectivity index (χ1) is 4.43. The summed E-state index contributed by atoms with van der Waals surface area (Å²) in [5.41, 5.74) is 3.15. The summed E-state index contributed by atoms with van der Waals surface area (Å²) in [6, 6.07) is 0. The summed E-state index contributed by atoms with van der Waals surface area (Å²) < 4.78 is 0. The SMILES string of the molecule is C=C=Cc1cnnnn1. The lowest BCUT2D eigenvalue weighted by atomic mass is 10.5. The summed E-state index contributed by atoms with van der Waals surface area (Å²) in [4.78, 5) is 0. The molecule has 4 nitrogen and oxygen atoms in total. The first-order valence-electron chi connectivity index (χ1n) is 2.30. The molecule has 0 aliphatic heterocycles. The van der Waals surface area contributed by atoms with Crippen LogP contribution >= 0.6 is 0 Å². The summed E-state index contributed by atoms with van der Waals surface area (Å²) in [5.74, 6) is 0. The Morgan fingerprint density at radius 3 is 3.00 bits per heavy atom. The molecule has 0 aliphatic carbocycles. The summed E-state index contributed by atoms with van der Waals surface area (Å²) in [5, 5.41) is 13.6. The fourth-order valence-electron chi connectivity index (χ4n) is 0.376. The van der Waals surface area contributed by atoms with Crippen LogP contribution in [0, 0.1) is 0 Å². The Labute approximate surface area is 51.9 Å². The van der Waals surface area contributed by atoms with Gasteiger partial charge in [0.05, 0.1) is 6.20 Å². The van der Waals surface area contributed by atoms with Crippen LogP contribution in [-0.2, 0) is 0 Å². The Kier molecular flexibility index (Phi) is 1.67. The molecule has 0 unspecified atom stereocenters. The smallest absolute Gasteiger partial charge is 0.115 e. The fourth-order valence-corrected chi connectivity index (χ4v) is 0.376. The van der Waals surface area contributed by atoms with Crippen LogP contribution in [0.1, 0.15) is 5.69 Å². The van der Waals surface area contributed by atoms with Gasteiger partial charge in [-0.2, -0.15) is 0 Å². The molecule has 1 heterocycles. The van der Waals surface area contributed by atoms with Gasteiger partial charge in [0.25, 0.3) is 0 Å². The van der Waals surface area contributed by atoms with Crippen molar-refractivity contribution in [2.24, 2.45) is 0 Å². The quantitative estimate of drug-likeness (QED) is 0.492. The Balaban J connectivity index is 2.97. The van der Waals surface area contributed by atoms with E-state index in [1.54, 1.807) is 6.08 Å².